The summed E-state index contributed by atoms with van der Waals surface area (Å²) in [6, 6.07) is 7.34. The van der Waals surface area contributed by atoms with Crippen molar-refractivity contribution in [2.24, 2.45) is 0 Å². The number of phenols is 1. The van der Waals surface area contributed by atoms with E-state index in [4.69, 9.17) is 27.9 Å². The maximum atomic E-state index is 11.8. The van der Waals surface area contributed by atoms with Crippen LogP contribution in [0.15, 0.2) is 30.3 Å². The minimum atomic E-state index is -0.532. The predicted molar refractivity (Wildman–Crippen MR) is 99.6 cm³/mol. The first-order valence-corrected chi connectivity index (χ1v) is 8.63. The molecule has 2 N–H and O–H groups in total. The molecule has 1 heterocycles. The SMILES string of the molecule is CC(C)c1cc(Oc2c(Cl)cc(N3CC(=O)NC3=O)cc2Cl)ccc1O. The average Bonchev–Trinajstić information content (AvgIpc) is 2.90. The van der Waals surface area contributed by atoms with E-state index in [1.165, 1.54) is 17.0 Å². The Morgan fingerprint density at radius 3 is 2.35 bits per heavy atom. The number of hydrogen-bond acceptors (Lipinski definition) is 4. The fraction of sp³-hybridized carbons (Fsp3) is 0.222. The maximum absolute atomic E-state index is 11.8. The summed E-state index contributed by atoms with van der Waals surface area (Å²) < 4.78 is 5.79. The van der Waals surface area contributed by atoms with E-state index in [0.29, 0.717) is 11.4 Å². The lowest BCUT2D eigenvalue weighted by Crippen LogP contribution is -2.27. The van der Waals surface area contributed by atoms with Gasteiger partial charge in [-0.25, -0.2) is 4.79 Å². The molecule has 2 aromatic carbocycles. The molecule has 0 aliphatic carbocycles. The van der Waals surface area contributed by atoms with Crippen LogP contribution < -0.4 is 15.0 Å². The lowest BCUT2D eigenvalue weighted by Gasteiger charge is -2.17. The molecule has 1 fully saturated rings. The summed E-state index contributed by atoms with van der Waals surface area (Å²) in [5.41, 5.74) is 1.13. The molecule has 1 saturated heterocycles. The van der Waals surface area contributed by atoms with Crippen molar-refractivity contribution in [3.8, 4) is 17.2 Å². The highest BCUT2D eigenvalue weighted by atomic mass is 35.5. The van der Waals surface area contributed by atoms with Crippen LogP contribution in [0.25, 0.3) is 0 Å². The van der Waals surface area contributed by atoms with Gasteiger partial charge in [-0.1, -0.05) is 37.0 Å². The van der Waals surface area contributed by atoms with Crippen LogP contribution in [-0.4, -0.2) is 23.6 Å². The number of amides is 3. The van der Waals surface area contributed by atoms with Crippen molar-refractivity contribution >= 4 is 40.8 Å². The first-order chi connectivity index (χ1) is 12.3. The van der Waals surface area contributed by atoms with Crippen molar-refractivity contribution in [2.75, 3.05) is 11.4 Å². The Morgan fingerprint density at radius 2 is 1.81 bits per heavy atom. The van der Waals surface area contributed by atoms with Crippen LogP contribution in [0.2, 0.25) is 10.0 Å². The first-order valence-electron chi connectivity index (χ1n) is 7.87. The normalized spacial score (nSPS) is 14.1. The second-order valence-electron chi connectivity index (χ2n) is 6.16. The number of nitrogens with one attached hydrogen (secondary N) is 1. The maximum Gasteiger partial charge on any atom is 0.329 e. The van der Waals surface area contributed by atoms with Gasteiger partial charge in [-0.05, 0) is 36.2 Å². The van der Waals surface area contributed by atoms with Crippen LogP contribution >= 0.6 is 23.2 Å². The smallest absolute Gasteiger partial charge is 0.329 e. The molecule has 0 bridgehead atoms. The van der Waals surface area contributed by atoms with Gasteiger partial charge in [-0.2, -0.15) is 0 Å². The second kappa shape index (κ2) is 7.05. The van der Waals surface area contributed by atoms with E-state index in [1.54, 1.807) is 18.2 Å². The monoisotopic (exact) mass is 394 g/mol. The minimum Gasteiger partial charge on any atom is -0.508 e. The van der Waals surface area contributed by atoms with Gasteiger partial charge in [0.1, 0.15) is 18.0 Å². The highest BCUT2D eigenvalue weighted by molar-refractivity contribution is 6.37. The number of nitrogens with zero attached hydrogens (tertiary/aromatic N) is 1. The summed E-state index contributed by atoms with van der Waals surface area (Å²) in [6.07, 6.45) is 0. The predicted octanol–water partition coefficient (Wildman–Crippen LogP) is 4.67. The zero-order valence-electron chi connectivity index (χ0n) is 14.0. The number of carbonyl (C=O) groups is 2. The van der Waals surface area contributed by atoms with Gasteiger partial charge in [-0.3, -0.25) is 15.0 Å². The Labute approximate surface area is 160 Å². The molecule has 8 heteroatoms. The van der Waals surface area contributed by atoms with Crippen LogP contribution in [0.1, 0.15) is 25.3 Å². The van der Waals surface area contributed by atoms with E-state index in [9.17, 15) is 14.7 Å². The quantitative estimate of drug-likeness (QED) is 0.738. The van der Waals surface area contributed by atoms with E-state index in [1.807, 2.05) is 13.8 Å². The van der Waals surface area contributed by atoms with Crippen LogP contribution in [0.5, 0.6) is 17.2 Å². The Morgan fingerprint density at radius 1 is 1.15 bits per heavy atom. The fourth-order valence-corrected chi connectivity index (χ4v) is 3.18. The molecule has 0 aromatic heterocycles. The van der Waals surface area contributed by atoms with Gasteiger partial charge in [0, 0.05) is 11.3 Å². The fourth-order valence-electron chi connectivity index (χ4n) is 2.63. The largest absolute Gasteiger partial charge is 0.508 e. The molecule has 136 valence electrons. The number of ether oxygens (including phenoxy) is 1. The van der Waals surface area contributed by atoms with E-state index >= 15 is 0 Å². The molecule has 1 aliphatic rings. The van der Waals surface area contributed by atoms with Crippen molar-refractivity contribution in [3.05, 3.63) is 45.9 Å². The summed E-state index contributed by atoms with van der Waals surface area (Å²) in [7, 11) is 0. The molecule has 6 nitrogen and oxygen atoms in total. The Kier molecular flexibility index (Phi) is 4.98. The molecular formula is C18H16Cl2N2O4. The van der Waals surface area contributed by atoms with Crippen LogP contribution in [0.4, 0.5) is 10.5 Å². The standard InChI is InChI=1S/C18H16Cl2N2O4/c1-9(2)12-7-11(3-4-15(12)23)26-17-13(19)5-10(6-14(17)20)22-8-16(24)21-18(22)25/h3-7,9,23H,8H2,1-2H3,(H,21,24,25). The summed E-state index contributed by atoms with van der Waals surface area (Å²) >= 11 is 12.6. The number of rotatable bonds is 4. The van der Waals surface area contributed by atoms with Crippen molar-refractivity contribution in [1.82, 2.24) is 5.32 Å². The summed E-state index contributed by atoms with van der Waals surface area (Å²) in [6.45, 7) is 3.81. The number of halogens is 2. The molecule has 0 saturated carbocycles. The molecule has 0 radical (unpaired) electrons. The van der Waals surface area contributed by atoms with Crippen molar-refractivity contribution in [2.45, 2.75) is 19.8 Å². The molecule has 0 unspecified atom stereocenters. The molecule has 3 amide bonds. The number of aromatic hydroxyl groups is 1. The van der Waals surface area contributed by atoms with Crippen LogP contribution in [0, 0.1) is 0 Å². The zero-order chi connectivity index (χ0) is 19.0. The van der Waals surface area contributed by atoms with Crippen molar-refractivity contribution in [1.29, 1.82) is 0 Å². The molecule has 3 rings (SSSR count). The Balaban J connectivity index is 1.91. The second-order valence-corrected chi connectivity index (χ2v) is 6.97. The van der Waals surface area contributed by atoms with Crippen LogP contribution in [-0.2, 0) is 4.79 Å². The van der Waals surface area contributed by atoms with Gasteiger partial charge in [0.15, 0.2) is 5.75 Å². The molecule has 2 aromatic rings. The van der Waals surface area contributed by atoms with Gasteiger partial charge in [0.2, 0.25) is 5.91 Å². The average molecular weight is 395 g/mol. The van der Waals surface area contributed by atoms with E-state index in [2.05, 4.69) is 5.32 Å². The summed E-state index contributed by atoms with van der Waals surface area (Å²) in [5.74, 6) is 0.594. The Bertz CT molecular complexity index is 876. The number of hydrogen-bond donors (Lipinski definition) is 2. The van der Waals surface area contributed by atoms with Gasteiger partial charge < -0.3 is 9.84 Å². The third-order valence-corrected chi connectivity index (χ3v) is 4.49. The highest BCUT2D eigenvalue weighted by Gasteiger charge is 2.29. The minimum absolute atomic E-state index is 0.0958. The lowest BCUT2D eigenvalue weighted by atomic mass is 10.0. The summed E-state index contributed by atoms with van der Waals surface area (Å²) in [5, 5.41) is 12.5. The first kappa shape index (κ1) is 18.4. The van der Waals surface area contributed by atoms with Gasteiger partial charge in [0.05, 0.1) is 10.0 Å². The number of imide groups is 1. The molecular weight excluding hydrogens is 379 g/mol. The third-order valence-electron chi connectivity index (χ3n) is 3.93. The van der Waals surface area contributed by atoms with E-state index in [-0.39, 0.29) is 34.0 Å². The highest BCUT2D eigenvalue weighted by Crippen LogP contribution is 2.41. The van der Waals surface area contributed by atoms with Crippen LogP contribution in [0.3, 0.4) is 0 Å². The zero-order valence-corrected chi connectivity index (χ0v) is 15.6. The Hall–Kier alpha value is -2.44. The number of benzene rings is 2. The molecule has 26 heavy (non-hydrogen) atoms. The van der Waals surface area contributed by atoms with E-state index in [0.717, 1.165) is 5.56 Å². The number of urea groups is 1. The lowest BCUT2D eigenvalue weighted by molar-refractivity contribution is -0.117. The van der Waals surface area contributed by atoms with Gasteiger partial charge >= 0.3 is 6.03 Å². The molecule has 0 atom stereocenters. The third kappa shape index (κ3) is 3.57. The summed E-state index contributed by atoms with van der Waals surface area (Å²) in [4.78, 5) is 24.4. The molecule has 1 aliphatic heterocycles. The number of anilines is 1. The topological polar surface area (TPSA) is 78.9 Å². The van der Waals surface area contributed by atoms with E-state index < -0.39 is 11.9 Å². The number of phenolic OH excluding ortho intramolecular Hbond substituents is 1. The number of carbonyl (C=O) groups excluding carboxylic acids is 2. The van der Waals surface area contributed by atoms with Crippen molar-refractivity contribution < 1.29 is 19.4 Å². The van der Waals surface area contributed by atoms with Gasteiger partial charge in [-0.15, -0.1) is 0 Å². The molecule has 0 spiro atoms. The van der Waals surface area contributed by atoms with Crippen molar-refractivity contribution in [3.63, 3.8) is 0 Å². The van der Waals surface area contributed by atoms with Gasteiger partial charge in [0.25, 0.3) is 0 Å².